The second kappa shape index (κ2) is 10.4. The maximum absolute atomic E-state index is 13.1. The molecule has 3 rings (SSSR count). The molecular formula is C22H31N5O4. The van der Waals surface area contributed by atoms with Gasteiger partial charge in [-0.3, -0.25) is 24.7 Å². The van der Waals surface area contributed by atoms with E-state index in [2.05, 4.69) is 10.3 Å². The number of aliphatic imine (C=N–C) groups is 1. The average Bonchev–Trinajstić information content (AvgIpc) is 3.17. The lowest BCUT2D eigenvalue weighted by molar-refractivity contribution is -0.463. The Hall–Kier alpha value is -2.97. The quantitative estimate of drug-likeness (QED) is 0.323. The van der Waals surface area contributed by atoms with Crippen LogP contribution in [0, 0.1) is 24.0 Å². The molecule has 0 aromatic heterocycles. The summed E-state index contributed by atoms with van der Waals surface area (Å²) in [5.41, 5.74) is 2.76. The summed E-state index contributed by atoms with van der Waals surface area (Å²) in [5.74, 6) is -0.108. The number of hydrogen-bond acceptors (Lipinski definition) is 5. The fourth-order valence-electron chi connectivity index (χ4n) is 4.23. The molecule has 9 nitrogen and oxygen atoms in total. The minimum Gasteiger partial charge on any atom is -0.341 e. The van der Waals surface area contributed by atoms with Crippen molar-refractivity contribution in [1.29, 1.82) is 0 Å². The van der Waals surface area contributed by atoms with E-state index < -0.39 is 17.5 Å². The first-order chi connectivity index (χ1) is 14.8. The van der Waals surface area contributed by atoms with Gasteiger partial charge in [0, 0.05) is 30.2 Å². The molecule has 31 heavy (non-hydrogen) atoms. The Bertz CT molecular complexity index is 843. The Morgan fingerprint density at radius 3 is 2.42 bits per heavy atom. The van der Waals surface area contributed by atoms with Gasteiger partial charge >= 0.3 is 0 Å². The summed E-state index contributed by atoms with van der Waals surface area (Å²) in [6.45, 7) is 5.46. The monoisotopic (exact) mass is 429 g/mol. The van der Waals surface area contributed by atoms with Gasteiger partial charge in [-0.1, -0.05) is 6.07 Å². The fraction of sp³-hybridized carbons (Fsp3) is 0.591. The van der Waals surface area contributed by atoms with Crippen LogP contribution in [0.1, 0.15) is 43.2 Å². The molecule has 2 aliphatic heterocycles. The highest BCUT2D eigenvalue weighted by atomic mass is 16.6. The van der Waals surface area contributed by atoms with Gasteiger partial charge in [0.2, 0.25) is 11.8 Å². The van der Waals surface area contributed by atoms with Gasteiger partial charge < -0.3 is 15.1 Å². The van der Waals surface area contributed by atoms with Crippen molar-refractivity contribution in [3.8, 4) is 0 Å². The summed E-state index contributed by atoms with van der Waals surface area (Å²) in [6.07, 6.45) is 4.09. The molecule has 0 spiro atoms. The summed E-state index contributed by atoms with van der Waals surface area (Å²) in [6, 6.07) is 5.07. The number of hydrogen-bond donors (Lipinski definition) is 1. The summed E-state index contributed by atoms with van der Waals surface area (Å²) < 4.78 is 0. The summed E-state index contributed by atoms with van der Waals surface area (Å²) >= 11 is 0. The van der Waals surface area contributed by atoms with Gasteiger partial charge in [-0.25, -0.2) is 0 Å². The maximum Gasteiger partial charge on any atom is 0.260 e. The van der Waals surface area contributed by atoms with E-state index in [9.17, 15) is 19.7 Å². The lowest BCUT2D eigenvalue weighted by Gasteiger charge is -2.25. The number of amides is 2. The van der Waals surface area contributed by atoms with E-state index in [1.165, 1.54) is 0 Å². The number of carbonyl (C=O) groups excluding carboxylic acids is 2. The molecule has 1 aromatic rings. The molecule has 0 unspecified atom stereocenters. The molecule has 168 valence electrons. The zero-order valence-electron chi connectivity index (χ0n) is 18.3. The largest absolute Gasteiger partial charge is 0.341 e. The molecular weight excluding hydrogens is 398 g/mol. The van der Waals surface area contributed by atoms with Crippen molar-refractivity contribution < 1.29 is 14.5 Å². The SMILES string of the molecule is Cc1cc(C)cc(NC(C[N+](=O)[O-])=N[C@H]2CCCCN(CC(=O)N3CCCC3)C2=O)c1. The van der Waals surface area contributed by atoms with Crippen LogP contribution in [0.4, 0.5) is 5.69 Å². The Balaban J connectivity index is 1.77. The van der Waals surface area contributed by atoms with E-state index in [4.69, 9.17) is 0 Å². The molecule has 1 atom stereocenters. The van der Waals surface area contributed by atoms with Gasteiger partial charge in [0.05, 0.1) is 6.54 Å². The van der Waals surface area contributed by atoms with Gasteiger partial charge in [-0.2, -0.15) is 0 Å². The molecule has 0 saturated carbocycles. The zero-order valence-corrected chi connectivity index (χ0v) is 18.3. The van der Waals surface area contributed by atoms with Crippen LogP contribution in [0.2, 0.25) is 0 Å². The van der Waals surface area contributed by atoms with Gasteiger partial charge in [0.25, 0.3) is 6.54 Å². The molecule has 0 radical (unpaired) electrons. The Labute approximate surface area is 182 Å². The van der Waals surface area contributed by atoms with Crippen LogP contribution in [0.15, 0.2) is 23.2 Å². The van der Waals surface area contributed by atoms with Gasteiger partial charge in [-0.05, 0) is 69.2 Å². The first-order valence-corrected chi connectivity index (χ1v) is 10.9. The highest BCUT2D eigenvalue weighted by Crippen LogP contribution is 2.18. The predicted octanol–water partition coefficient (Wildman–Crippen LogP) is 2.39. The van der Waals surface area contributed by atoms with Gasteiger partial charge in [0.1, 0.15) is 6.04 Å². The van der Waals surface area contributed by atoms with Crippen LogP contribution in [-0.4, -0.2) is 71.1 Å². The number of aryl methyl sites for hydroxylation is 2. The number of benzene rings is 1. The molecule has 2 amide bonds. The van der Waals surface area contributed by atoms with E-state index in [1.54, 1.807) is 9.80 Å². The molecule has 2 aliphatic rings. The topological polar surface area (TPSA) is 108 Å². The van der Waals surface area contributed by atoms with Crippen molar-refractivity contribution in [3.63, 3.8) is 0 Å². The van der Waals surface area contributed by atoms with E-state index in [-0.39, 0.29) is 24.2 Å². The molecule has 9 heteroatoms. The van der Waals surface area contributed by atoms with Crippen molar-refractivity contribution >= 4 is 23.3 Å². The molecule has 2 saturated heterocycles. The lowest BCUT2D eigenvalue weighted by atomic mass is 10.1. The van der Waals surface area contributed by atoms with Crippen LogP contribution in [0.3, 0.4) is 0 Å². The Kier molecular flexibility index (Phi) is 7.59. The van der Waals surface area contributed by atoms with Crippen LogP contribution in [-0.2, 0) is 9.59 Å². The van der Waals surface area contributed by atoms with Crippen molar-refractivity contribution in [2.45, 2.75) is 52.0 Å². The third-order valence-electron chi connectivity index (χ3n) is 5.64. The number of nitrogens with zero attached hydrogens (tertiary/aromatic N) is 4. The standard InChI is InChI=1S/C22H31N5O4/c1-16-11-17(2)13-18(12-16)23-20(14-27(30)31)24-19-7-3-4-10-26(22(19)29)15-21(28)25-8-5-6-9-25/h11-13,19H,3-10,14-15H2,1-2H3,(H,23,24)/t19-/m0/s1. The van der Waals surface area contributed by atoms with Gasteiger partial charge in [-0.15, -0.1) is 0 Å². The minimum absolute atomic E-state index is 0.0330. The summed E-state index contributed by atoms with van der Waals surface area (Å²) in [5, 5.41) is 14.3. The third-order valence-corrected chi connectivity index (χ3v) is 5.64. The van der Waals surface area contributed by atoms with Crippen LogP contribution in [0.25, 0.3) is 0 Å². The van der Waals surface area contributed by atoms with Crippen molar-refractivity contribution in [2.24, 2.45) is 4.99 Å². The van der Waals surface area contributed by atoms with E-state index in [0.717, 1.165) is 49.9 Å². The van der Waals surface area contributed by atoms with Crippen LogP contribution < -0.4 is 5.32 Å². The molecule has 2 fully saturated rings. The van der Waals surface area contributed by atoms with Crippen LogP contribution in [0.5, 0.6) is 0 Å². The van der Waals surface area contributed by atoms with Crippen LogP contribution >= 0.6 is 0 Å². The lowest BCUT2D eigenvalue weighted by Crippen LogP contribution is -2.45. The zero-order chi connectivity index (χ0) is 22.4. The van der Waals surface area contributed by atoms with E-state index >= 15 is 0 Å². The predicted molar refractivity (Wildman–Crippen MR) is 119 cm³/mol. The highest BCUT2D eigenvalue weighted by Gasteiger charge is 2.30. The number of rotatable bonds is 6. The number of likely N-dealkylation sites (tertiary alicyclic amines) is 2. The number of nitro groups is 1. The fourth-order valence-corrected chi connectivity index (χ4v) is 4.23. The molecule has 1 N–H and O–H groups in total. The second-order valence-corrected chi connectivity index (χ2v) is 8.43. The van der Waals surface area contributed by atoms with E-state index in [0.29, 0.717) is 18.7 Å². The first kappa shape index (κ1) is 22.7. The summed E-state index contributed by atoms with van der Waals surface area (Å²) in [4.78, 5) is 44.3. The number of carbonyl (C=O) groups is 2. The normalized spacial score (nSPS) is 20.0. The molecule has 2 heterocycles. The van der Waals surface area contributed by atoms with E-state index in [1.807, 2.05) is 32.0 Å². The molecule has 0 aliphatic carbocycles. The van der Waals surface area contributed by atoms with Crippen molar-refractivity contribution in [3.05, 3.63) is 39.4 Å². The third kappa shape index (κ3) is 6.50. The highest BCUT2D eigenvalue weighted by molar-refractivity contribution is 5.98. The summed E-state index contributed by atoms with van der Waals surface area (Å²) in [7, 11) is 0. The van der Waals surface area contributed by atoms with Crippen molar-refractivity contribution in [2.75, 3.05) is 38.0 Å². The average molecular weight is 430 g/mol. The molecule has 1 aromatic carbocycles. The maximum atomic E-state index is 13.1. The second-order valence-electron chi connectivity index (χ2n) is 8.43. The smallest absolute Gasteiger partial charge is 0.260 e. The minimum atomic E-state index is -0.720. The Morgan fingerprint density at radius 1 is 1.13 bits per heavy atom. The number of amidine groups is 1. The number of anilines is 1. The molecule has 0 bridgehead atoms. The first-order valence-electron chi connectivity index (χ1n) is 10.9. The number of nitrogens with one attached hydrogen (secondary N) is 1. The van der Waals surface area contributed by atoms with Gasteiger partial charge in [0.15, 0.2) is 5.84 Å². The van der Waals surface area contributed by atoms with Crippen molar-refractivity contribution in [1.82, 2.24) is 9.80 Å². The Morgan fingerprint density at radius 2 is 1.77 bits per heavy atom.